The fourth-order valence-electron chi connectivity index (χ4n) is 3.03. The van der Waals surface area contributed by atoms with E-state index in [0.717, 1.165) is 16.9 Å². The molecule has 0 aromatic heterocycles. The average molecular weight is 422 g/mol. The van der Waals surface area contributed by atoms with Crippen molar-refractivity contribution in [3.63, 3.8) is 0 Å². The molecule has 6 heteroatoms. The highest BCUT2D eigenvalue weighted by Crippen LogP contribution is 2.20. The second-order valence-electron chi connectivity index (χ2n) is 6.83. The van der Waals surface area contributed by atoms with Crippen LogP contribution in [0.2, 0.25) is 5.02 Å². The maximum Gasteiger partial charge on any atom is 0.258 e. The molecular formula is C24H24ClN3O2. The highest BCUT2D eigenvalue weighted by molar-refractivity contribution is 6.31. The molecule has 0 radical (unpaired) electrons. The summed E-state index contributed by atoms with van der Waals surface area (Å²) in [6, 6.07) is 22.0. The Morgan fingerprint density at radius 3 is 2.40 bits per heavy atom. The van der Waals surface area contributed by atoms with Crippen molar-refractivity contribution in [2.24, 2.45) is 0 Å². The zero-order valence-electron chi connectivity index (χ0n) is 17.0. The molecule has 154 valence electrons. The molecule has 3 aromatic carbocycles. The van der Waals surface area contributed by atoms with Crippen LogP contribution in [0.1, 0.15) is 22.8 Å². The van der Waals surface area contributed by atoms with Crippen LogP contribution in [0.5, 0.6) is 0 Å². The molecule has 5 nitrogen and oxygen atoms in total. The molecule has 0 saturated carbocycles. The molecule has 0 heterocycles. The molecule has 0 aliphatic rings. The topological polar surface area (TPSA) is 61.4 Å². The predicted octanol–water partition coefficient (Wildman–Crippen LogP) is 5.37. The van der Waals surface area contributed by atoms with E-state index in [1.54, 1.807) is 35.2 Å². The van der Waals surface area contributed by atoms with Gasteiger partial charge in [-0.25, -0.2) is 0 Å². The van der Waals surface area contributed by atoms with Crippen LogP contribution in [-0.4, -0.2) is 24.9 Å². The summed E-state index contributed by atoms with van der Waals surface area (Å²) >= 11 is 6.11. The number of nitrogens with zero attached hydrogens (tertiary/aromatic N) is 1. The Kier molecular flexibility index (Phi) is 7.09. The molecule has 0 unspecified atom stereocenters. The summed E-state index contributed by atoms with van der Waals surface area (Å²) in [5.41, 5.74) is 3.66. The van der Waals surface area contributed by atoms with Crippen LogP contribution in [0.4, 0.5) is 17.1 Å². The molecular weight excluding hydrogens is 398 g/mol. The molecule has 3 rings (SSSR count). The number of para-hydroxylation sites is 1. The van der Waals surface area contributed by atoms with Gasteiger partial charge in [-0.3, -0.25) is 9.59 Å². The maximum atomic E-state index is 13.0. The zero-order valence-corrected chi connectivity index (χ0v) is 17.7. The van der Waals surface area contributed by atoms with Crippen molar-refractivity contribution in [3.05, 3.63) is 88.9 Å². The largest absolute Gasteiger partial charge is 0.376 e. The van der Waals surface area contributed by atoms with Crippen LogP contribution >= 0.6 is 11.6 Å². The van der Waals surface area contributed by atoms with Gasteiger partial charge in [0.05, 0.1) is 6.54 Å². The molecule has 0 aliphatic carbocycles. The Balaban J connectivity index is 1.65. The first-order chi connectivity index (χ1) is 14.5. The summed E-state index contributed by atoms with van der Waals surface area (Å²) in [5, 5.41) is 6.52. The lowest BCUT2D eigenvalue weighted by Gasteiger charge is -2.21. The standard InChI is InChI=1S/C24H24ClN3O2/c1-3-28(21-10-5-4-6-11-21)24(30)18-8-7-9-20(14-18)27-23(29)16-26-19-13-12-17(2)22(25)15-19/h4-15,26H,3,16H2,1-2H3,(H,27,29). The van der Waals surface area contributed by atoms with Gasteiger partial charge in [0.15, 0.2) is 0 Å². The molecule has 2 amide bonds. The third kappa shape index (κ3) is 5.39. The highest BCUT2D eigenvalue weighted by atomic mass is 35.5. The Hall–Kier alpha value is -3.31. The molecule has 0 aliphatic heterocycles. The van der Waals surface area contributed by atoms with Gasteiger partial charge in [-0.15, -0.1) is 0 Å². The van der Waals surface area contributed by atoms with Crippen LogP contribution < -0.4 is 15.5 Å². The number of halogens is 1. The smallest absolute Gasteiger partial charge is 0.258 e. The Bertz CT molecular complexity index is 1040. The van der Waals surface area contributed by atoms with Crippen LogP contribution in [0.25, 0.3) is 0 Å². The van der Waals surface area contributed by atoms with E-state index in [1.165, 1.54) is 0 Å². The van der Waals surface area contributed by atoms with Gasteiger partial charge in [0.2, 0.25) is 5.91 Å². The average Bonchev–Trinajstić information content (AvgIpc) is 2.76. The lowest BCUT2D eigenvalue weighted by molar-refractivity contribution is -0.114. The number of amides is 2. The summed E-state index contributed by atoms with van der Waals surface area (Å²) in [7, 11) is 0. The van der Waals surface area contributed by atoms with Gasteiger partial charge in [-0.1, -0.05) is 41.9 Å². The lowest BCUT2D eigenvalue weighted by atomic mass is 10.1. The van der Waals surface area contributed by atoms with Crippen molar-refractivity contribution < 1.29 is 9.59 Å². The van der Waals surface area contributed by atoms with E-state index in [4.69, 9.17) is 11.6 Å². The SMILES string of the molecule is CCN(C(=O)c1cccc(NC(=O)CNc2ccc(C)c(Cl)c2)c1)c1ccccc1. The summed E-state index contributed by atoms with van der Waals surface area (Å²) in [4.78, 5) is 27.0. The Labute approximate surface area is 181 Å². The molecule has 3 aromatic rings. The van der Waals surface area contributed by atoms with Crippen LogP contribution in [0.15, 0.2) is 72.8 Å². The third-order valence-electron chi connectivity index (χ3n) is 4.65. The molecule has 0 bridgehead atoms. The molecule has 0 saturated heterocycles. The highest BCUT2D eigenvalue weighted by Gasteiger charge is 2.16. The first kappa shape index (κ1) is 21.4. The zero-order chi connectivity index (χ0) is 21.5. The lowest BCUT2D eigenvalue weighted by Crippen LogP contribution is -2.30. The van der Waals surface area contributed by atoms with E-state index in [0.29, 0.717) is 22.8 Å². The van der Waals surface area contributed by atoms with Crippen LogP contribution in [-0.2, 0) is 4.79 Å². The summed E-state index contributed by atoms with van der Waals surface area (Å²) in [6.07, 6.45) is 0. The number of aryl methyl sites for hydroxylation is 1. The number of rotatable bonds is 7. The second kappa shape index (κ2) is 9.94. The normalized spacial score (nSPS) is 10.4. The Morgan fingerprint density at radius 1 is 0.933 bits per heavy atom. The van der Waals surface area contributed by atoms with Gasteiger partial charge >= 0.3 is 0 Å². The minimum atomic E-state index is -0.216. The molecule has 0 spiro atoms. The van der Waals surface area contributed by atoms with Gasteiger partial charge in [0.25, 0.3) is 5.91 Å². The maximum absolute atomic E-state index is 13.0. The first-order valence-electron chi connectivity index (χ1n) is 9.74. The third-order valence-corrected chi connectivity index (χ3v) is 5.05. The fraction of sp³-hybridized carbons (Fsp3) is 0.167. The number of nitrogens with one attached hydrogen (secondary N) is 2. The molecule has 0 atom stereocenters. The number of carbonyl (C=O) groups is 2. The number of hydrogen-bond donors (Lipinski definition) is 2. The minimum absolute atomic E-state index is 0.0860. The van der Waals surface area contributed by atoms with Crippen molar-refractivity contribution in [1.29, 1.82) is 0 Å². The predicted molar refractivity (Wildman–Crippen MR) is 124 cm³/mol. The van der Waals surface area contributed by atoms with Crippen molar-refractivity contribution in [3.8, 4) is 0 Å². The minimum Gasteiger partial charge on any atom is -0.376 e. The van der Waals surface area contributed by atoms with Crippen molar-refractivity contribution in [2.45, 2.75) is 13.8 Å². The number of benzene rings is 3. The van der Waals surface area contributed by atoms with E-state index in [-0.39, 0.29) is 18.4 Å². The van der Waals surface area contributed by atoms with Gasteiger partial charge in [0, 0.05) is 34.2 Å². The molecule has 2 N–H and O–H groups in total. The van der Waals surface area contributed by atoms with E-state index in [1.807, 2.05) is 56.3 Å². The van der Waals surface area contributed by atoms with E-state index < -0.39 is 0 Å². The van der Waals surface area contributed by atoms with Crippen LogP contribution in [0.3, 0.4) is 0 Å². The van der Waals surface area contributed by atoms with Gasteiger partial charge in [-0.2, -0.15) is 0 Å². The van der Waals surface area contributed by atoms with Crippen molar-refractivity contribution >= 4 is 40.5 Å². The van der Waals surface area contributed by atoms with Gasteiger partial charge < -0.3 is 15.5 Å². The van der Waals surface area contributed by atoms with Crippen molar-refractivity contribution in [2.75, 3.05) is 28.6 Å². The van der Waals surface area contributed by atoms with Crippen LogP contribution in [0, 0.1) is 6.92 Å². The summed E-state index contributed by atoms with van der Waals surface area (Å²) < 4.78 is 0. The van der Waals surface area contributed by atoms with E-state index in [2.05, 4.69) is 10.6 Å². The summed E-state index contributed by atoms with van der Waals surface area (Å²) in [5.74, 6) is -0.334. The summed E-state index contributed by atoms with van der Waals surface area (Å²) in [6.45, 7) is 4.48. The quantitative estimate of drug-likeness (QED) is 0.539. The number of anilines is 3. The Morgan fingerprint density at radius 2 is 1.70 bits per heavy atom. The molecule has 30 heavy (non-hydrogen) atoms. The van der Waals surface area contributed by atoms with E-state index in [9.17, 15) is 9.59 Å². The van der Waals surface area contributed by atoms with Crippen molar-refractivity contribution in [1.82, 2.24) is 0 Å². The van der Waals surface area contributed by atoms with Gasteiger partial charge in [0.1, 0.15) is 0 Å². The molecule has 0 fully saturated rings. The van der Waals surface area contributed by atoms with Gasteiger partial charge in [-0.05, 0) is 61.9 Å². The second-order valence-corrected chi connectivity index (χ2v) is 7.24. The monoisotopic (exact) mass is 421 g/mol. The first-order valence-corrected chi connectivity index (χ1v) is 10.1. The number of carbonyl (C=O) groups excluding carboxylic acids is 2. The van der Waals surface area contributed by atoms with E-state index >= 15 is 0 Å². The fourth-order valence-corrected chi connectivity index (χ4v) is 3.21. The number of hydrogen-bond acceptors (Lipinski definition) is 3.